The van der Waals surface area contributed by atoms with Crippen LogP contribution >= 0.6 is 11.6 Å². The predicted octanol–water partition coefficient (Wildman–Crippen LogP) is 3.74. The van der Waals surface area contributed by atoms with Gasteiger partial charge >= 0.3 is 0 Å². The highest BCUT2D eigenvalue weighted by molar-refractivity contribution is 6.30. The van der Waals surface area contributed by atoms with E-state index in [4.69, 9.17) is 21.3 Å². The standard InChI is InChI=1S/C19H30ClN3O/c1-5-21-17(23-18(2,3)4)22-14-19(9-11-24-12-10-19)15-7-6-8-16(20)13-15/h6-8,13H,5,9-12,14H2,1-4H3,(H2,21,22,23). The third-order valence-corrected chi connectivity index (χ3v) is 4.50. The first kappa shape index (κ1) is 19.1. The number of hydrogen-bond donors (Lipinski definition) is 2. The molecule has 0 bridgehead atoms. The van der Waals surface area contributed by atoms with Gasteiger partial charge in [0.15, 0.2) is 5.96 Å². The summed E-state index contributed by atoms with van der Waals surface area (Å²) in [4.78, 5) is 4.90. The molecule has 0 saturated carbocycles. The van der Waals surface area contributed by atoms with Gasteiger partial charge in [0, 0.05) is 35.7 Å². The van der Waals surface area contributed by atoms with Crippen LogP contribution in [-0.4, -0.2) is 37.8 Å². The van der Waals surface area contributed by atoms with Gasteiger partial charge in [0.2, 0.25) is 0 Å². The van der Waals surface area contributed by atoms with Crippen LogP contribution in [0.5, 0.6) is 0 Å². The van der Waals surface area contributed by atoms with Crippen LogP contribution in [-0.2, 0) is 10.2 Å². The van der Waals surface area contributed by atoms with Gasteiger partial charge in [0.05, 0.1) is 6.54 Å². The Kier molecular flexibility index (Phi) is 6.53. The molecule has 0 radical (unpaired) electrons. The average Bonchev–Trinajstić information content (AvgIpc) is 2.52. The van der Waals surface area contributed by atoms with Crippen LogP contribution in [0.4, 0.5) is 0 Å². The van der Waals surface area contributed by atoms with Crippen molar-refractivity contribution >= 4 is 17.6 Å². The summed E-state index contributed by atoms with van der Waals surface area (Å²) < 4.78 is 5.60. The SMILES string of the molecule is CCNC(=NCC1(c2cccc(Cl)c2)CCOCC1)NC(C)(C)C. The maximum absolute atomic E-state index is 6.23. The maximum atomic E-state index is 6.23. The Morgan fingerprint density at radius 3 is 2.58 bits per heavy atom. The molecule has 24 heavy (non-hydrogen) atoms. The zero-order chi connectivity index (χ0) is 17.6. The Labute approximate surface area is 151 Å². The van der Waals surface area contributed by atoms with Crippen LogP contribution in [0.2, 0.25) is 5.02 Å². The minimum absolute atomic E-state index is 0.0105. The van der Waals surface area contributed by atoms with Gasteiger partial charge in [-0.2, -0.15) is 0 Å². The van der Waals surface area contributed by atoms with E-state index in [2.05, 4.69) is 50.5 Å². The topological polar surface area (TPSA) is 45.7 Å². The van der Waals surface area contributed by atoms with E-state index in [1.807, 2.05) is 12.1 Å². The molecule has 4 nitrogen and oxygen atoms in total. The minimum Gasteiger partial charge on any atom is -0.381 e. The molecule has 1 aliphatic rings. The van der Waals surface area contributed by atoms with E-state index in [9.17, 15) is 0 Å². The fourth-order valence-corrected chi connectivity index (χ4v) is 3.20. The summed E-state index contributed by atoms with van der Waals surface area (Å²) in [6.45, 7) is 11.6. The van der Waals surface area contributed by atoms with Gasteiger partial charge in [-0.15, -0.1) is 0 Å². The first-order valence-electron chi connectivity index (χ1n) is 8.75. The van der Waals surface area contributed by atoms with Crippen molar-refractivity contribution in [3.63, 3.8) is 0 Å². The van der Waals surface area contributed by atoms with E-state index in [0.717, 1.165) is 50.1 Å². The van der Waals surface area contributed by atoms with E-state index in [0.29, 0.717) is 0 Å². The summed E-state index contributed by atoms with van der Waals surface area (Å²) in [5.74, 6) is 0.859. The molecular weight excluding hydrogens is 322 g/mol. The lowest BCUT2D eigenvalue weighted by Gasteiger charge is -2.37. The second kappa shape index (κ2) is 8.21. The molecule has 2 N–H and O–H groups in total. The molecule has 1 saturated heterocycles. The summed E-state index contributed by atoms with van der Waals surface area (Å²) >= 11 is 6.23. The Hall–Kier alpha value is -1.26. The lowest BCUT2D eigenvalue weighted by Crippen LogP contribution is -2.48. The summed E-state index contributed by atoms with van der Waals surface area (Å²) in [5, 5.41) is 7.58. The first-order chi connectivity index (χ1) is 11.3. The number of rotatable bonds is 4. The number of nitrogens with one attached hydrogen (secondary N) is 2. The molecule has 0 aliphatic carbocycles. The summed E-state index contributed by atoms with van der Waals surface area (Å²) in [5.41, 5.74) is 1.22. The molecule has 0 spiro atoms. The third-order valence-electron chi connectivity index (χ3n) is 4.26. The van der Waals surface area contributed by atoms with Crippen molar-refractivity contribution in [1.29, 1.82) is 0 Å². The highest BCUT2D eigenvalue weighted by Crippen LogP contribution is 2.36. The van der Waals surface area contributed by atoms with Crippen LogP contribution in [0, 0.1) is 0 Å². The van der Waals surface area contributed by atoms with E-state index in [1.54, 1.807) is 0 Å². The van der Waals surface area contributed by atoms with Crippen LogP contribution in [0.1, 0.15) is 46.1 Å². The van der Waals surface area contributed by atoms with E-state index < -0.39 is 0 Å². The highest BCUT2D eigenvalue weighted by Gasteiger charge is 2.34. The number of aliphatic imine (C=N–C) groups is 1. The van der Waals surface area contributed by atoms with Crippen LogP contribution in [0.15, 0.2) is 29.3 Å². The molecule has 134 valence electrons. The minimum atomic E-state index is -0.0279. The Morgan fingerprint density at radius 1 is 1.29 bits per heavy atom. The van der Waals surface area contributed by atoms with Crippen molar-refractivity contribution in [2.75, 3.05) is 26.3 Å². The lowest BCUT2D eigenvalue weighted by atomic mass is 9.74. The molecule has 1 aliphatic heterocycles. The van der Waals surface area contributed by atoms with E-state index >= 15 is 0 Å². The van der Waals surface area contributed by atoms with Gasteiger partial charge in [0.1, 0.15) is 0 Å². The summed E-state index contributed by atoms with van der Waals surface area (Å²) in [6.07, 6.45) is 1.93. The van der Waals surface area contributed by atoms with Crippen LogP contribution < -0.4 is 10.6 Å². The number of guanidine groups is 1. The van der Waals surface area contributed by atoms with Crippen molar-refractivity contribution in [3.05, 3.63) is 34.9 Å². The van der Waals surface area contributed by atoms with Crippen molar-refractivity contribution in [2.45, 2.75) is 51.5 Å². The van der Waals surface area contributed by atoms with Crippen molar-refractivity contribution < 1.29 is 4.74 Å². The van der Waals surface area contributed by atoms with Gasteiger partial charge in [-0.1, -0.05) is 23.7 Å². The molecule has 0 unspecified atom stereocenters. The van der Waals surface area contributed by atoms with Gasteiger partial charge < -0.3 is 15.4 Å². The van der Waals surface area contributed by atoms with Crippen LogP contribution in [0.25, 0.3) is 0 Å². The third kappa shape index (κ3) is 5.38. The Balaban J connectivity index is 2.26. The number of benzene rings is 1. The Morgan fingerprint density at radius 2 is 2.00 bits per heavy atom. The van der Waals surface area contributed by atoms with Gasteiger partial charge in [-0.25, -0.2) is 0 Å². The number of nitrogens with zero attached hydrogens (tertiary/aromatic N) is 1. The fraction of sp³-hybridized carbons (Fsp3) is 0.632. The quantitative estimate of drug-likeness (QED) is 0.641. The van der Waals surface area contributed by atoms with E-state index in [-0.39, 0.29) is 11.0 Å². The monoisotopic (exact) mass is 351 g/mol. The molecule has 0 atom stereocenters. The Bertz CT molecular complexity index is 560. The van der Waals surface area contributed by atoms with Crippen molar-refractivity contribution in [3.8, 4) is 0 Å². The van der Waals surface area contributed by atoms with E-state index in [1.165, 1.54) is 5.56 Å². The van der Waals surface area contributed by atoms with Gasteiger partial charge in [0.25, 0.3) is 0 Å². The van der Waals surface area contributed by atoms with Crippen LogP contribution in [0.3, 0.4) is 0 Å². The van der Waals surface area contributed by atoms with Crippen molar-refractivity contribution in [1.82, 2.24) is 10.6 Å². The zero-order valence-corrected chi connectivity index (χ0v) is 16.0. The molecule has 5 heteroatoms. The predicted molar refractivity (Wildman–Crippen MR) is 102 cm³/mol. The molecule has 1 aromatic rings. The molecule has 1 heterocycles. The van der Waals surface area contributed by atoms with Gasteiger partial charge in [-0.3, -0.25) is 4.99 Å². The molecule has 2 rings (SSSR count). The normalized spacial score (nSPS) is 18.3. The fourth-order valence-electron chi connectivity index (χ4n) is 3.01. The molecule has 0 amide bonds. The zero-order valence-electron chi connectivity index (χ0n) is 15.3. The first-order valence-corrected chi connectivity index (χ1v) is 9.13. The highest BCUT2D eigenvalue weighted by atomic mass is 35.5. The second-order valence-corrected chi connectivity index (χ2v) is 7.91. The maximum Gasteiger partial charge on any atom is 0.191 e. The molecule has 0 aromatic heterocycles. The lowest BCUT2D eigenvalue weighted by molar-refractivity contribution is 0.0531. The second-order valence-electron chi connectivity index (χ2n) is 7.47. The number of hydrogen-bond acceptors (Lipinski definition) is 2. The van der Waals surface area contributed by atoms with Crippen molar-refractivity contribution in [2.24, 2.45) is 4.99 Å². The molecule has 1 fully saturated rings. The summed E-state index contributed by atoms with van der Waals surface area (Å²) in [6, 6.07) is 8.19. The smallest absolute Gasteiger partial charge is 0.191 e. The average molecular weight is 352 g/mol. The largest absolute Gasteiger partial charge is 0.381 e. The number of halogens is 1. The van der Waals surface area contributed by atoms with Gasteiger partial charge in [-0.05, 0) is 58.2 Å². The molecular formula is C19H30ClN3O. The molecule has 1 aromatic carbocycles. The number of ether oxygens (including phenoxy) is 1. The summed E-state index contributed by atoms with van der Waals surface area (Å²) in [7, 11) is 0.